The van der Waals surface area contributed by atoms with E-state index < -0.39 is 0 Å². The summed E-state index contributed by atoms with van der Waals surface area (Å²) < 4.78 is 1.14. The molecule has 1 aliphatic heterocycles. The summed E-state index contributed by atoms with van der Waals surface area (Å²) in [5.74, 6) is 0.587. The molecule has 70 valence electrons. The number of nitrogens with one attached hydrogen (secondary N) is 1. The van der Waals surface area contributed by atoms with Gasteiger partial charge in [-0.2, -0.15) is 0 Å². The van der Waals surface area contributed by atoms with Gasteiger partial charge >= 0.3 is 0 Å². The van der Waals surface area contributed by atoms with Gasteiger partial charge in [0.1, 0.15) is 0 Å². The maximum absolute atomic E-state index is 4.42. The van der Waals surface area contributed by atoms with Crippen molar-refractivity contribution in [2.75, 3.05) is 13.1 Å². The lowest BCUT2D eigenvalue weighted by molar-refractivity contribution is 0.453. The Hall–Kier alpha value is -0.410. The quantitative estimate of drug-likeness (QED) is 0.816. The second-order valence-corrected chi connectivity index (χ2v) is 4.27. The molecule has 0 amide bonds. The number of rotatable bonds is 1. The van der Waals surface area contributed by atoms with Crippen molar-refractivity contribution in [3.05, 3.63) is 28.5 Å². The summed E-state index contributed by atoms with van der Waals surface area (Å²) in [5.41, 5.74) is 1.20. The van der Waals surface area contributed by atoms with Crippen LogP contribution < -0.4 is 5.32 Å². The van der Waals surface area contributed by atoms with Gasteiger partial charge in [-0.05, 0) is 47.4 Å². The number of nitrogens with zero attached hydrogens (tertiary/aromatic N) is 1. The maximum atomic E-state index is 4.42. The fourth-order valence-corrected chi connectivity index (χ4v) is 2.36. The van der Waals surface area contributed by atoms with Crippen LogP contribution in [0.1, 0.15) is 24.5 Å². The van der Waals surface area contributed by atoms with E-state index in [1.165, 1.54) is 18.5 Å². The molecule has 0 radical (unpaired) electrons. The van der Waals surface area contributed by atoms with Crippen LogP contribution in [-0.4, -0.2) is 18.1 Å². The first-order chi connectivity index (χ1) is 6.38. The molecule has 1 N–H and O–H groups in total. The summed E-state index contributed by atoms with van der Waals surface area (Å²) in [7, 11) is 0. The zero-order chi connectivity index (χ0) is 9.10. The van der Waals surface area contributed by atoms with Crippen molar-refractivity contribution >= 4 is 15.9 Å². The summed E-state index contributed by atoms with van der Waals surface area (Å²) in [6.45, 7) is 2.22. The molecule has 1 atom stereocenters. The van der Waals surface area contributed by atoms with Crippen molar-refractivity contribution in [2.45, 2.75) is 18.8 Å². The Morgan fingerprint density at radius 1 is 1.54 bits per heavy atom. The van der Waals surface area contributed by atoms with E-state index in [0.29, 0.717) is 5.92 Å². The predicted octanol–water partition coefficient (Wildman–Crippen LogP) is 2.31. The van der Waals surface area contributed by atoms with Crippen LogP contribution >= 0.6 is 15.9 Å². The molecule has 1 aromatic heterocycles. The Kier molecular flexibility index (Phi) is 2.96. The van der Waals surface area contributed by atoms with Crippen LogP contribution in [0, 0.1) is 0 Å². The lowest BCUT2D eigenvalue weighted by atomic mass is 9.96. The van der Waals surface area contributed by atoms with Crippen LogP contribution in [0.25, 0.3) is 0 Å². The van der Waals surface area contributed by atoms with Crippen molar-refractivity contribution in [1.29, 1.82) is 0 Å². The minimum absolute atomic E-state index is 0.587. The molecule has 1 saturated heterocycles. The highest BCUT2D eigenvalue weighted by molar-refractivity contribution is 9.10. The van der Waals surface area contributed by atoms with Gasteiger partial charge in [0, 0.05) is 23.1 Å². The van der Waals surface area contributed by atoms with E-state index in [4.69, 9.17) is 0 Å². The van der Waals surface area contributed by atoms with Gasteiger partial charge in [-0.1, -0.05) is 0 Å². The monoisotopic (exact) mass is 240 g/mol. The number of pyridine rings is 1. The molecule has 1 unspecified atom stereocenters. The molecule has 0 bridgehead atoms. The van der Waals surface area contributed by atoms with Crippen LogP contribution in [0.5, 0.6) is 0 Å². The van der Waals surface area contributed by atoms with Crippen LogP contribution in [0.2, 0.25) is 0 Å². The minimum Gasteiger partial charge on any atom is -0.316 e. The largest absolute Gasteiger partial charge is 0.316 e. The van der Waals surface area contributed by atoms with Crippen molar-refractivity contribution < 1.29 is 0 Å². The SMILES string of the molecule is Brc1cccnc1C1CCCNC1. The van der Waals surface area contributed by atoms with E-state index in [2.05, 4.69) is 32.3 Å². The van der Waals surface area contributed by atoms with Crippen molar-refractivity contribution in [3.8, 4) is 0 Å². The van der Waals surface area contributed by atoms with Gasteiger partial charge in [0.2, 0.25) is 0 Å². The lowest BCUT2D eigenvalue weighted by Gasteiger charge is -2.22. The van der Waals surface area contributed by atoms with Gasteiger partial charge in [-0.3, -0.25) is 4.98 Å². The van der Waals surface area contributed by atoms with Crippen LogP contribution in [0.3, 0.4) is 0 Å². The zero-order valence-corrected chi connectivity index (χ0v) is 9.05. The molecule has 2 rings (SSSR count). The minimum atomic E-state index is 0.587. The molecule has 2 nitrogen and oxygen atoms in total. The molecule has 13 heavy (non-hydrogen) atoms. The fourth-order valence-electron chi connectivity index (χ4n) is 1.78. The Labute approximate surface area is 86.9 Å². The van der Waals surface area contributed by atoms with Crippen molar-refractivity contribution in [2.24, 2.45) is 0 Å². The Bertz CT molecular complexity index is 282. The molecule has 0 saturated carbocycles. The average molecular weight is 241 g/mol. The number of hydrogen-bond acceptors (Lipinski definition) is 2. The Balaban J connectivity index is 2.18. The van der Waals surface area contributed by atoms with E-state index >= 15 is 0 Å². The van der Waals surface area contributed by atoms with Gasteiger partial charge < -0.3 is 5.32 Å². The highest BCUT2D eigenvalue weighted by Gasteiger charge is 2.17. The summed E-state index contributed by atoms with van der Waals surface area (Å²) in [5, 5.41) is 3.40. The molecular weight excluding hydrogens is 228 g/mol. The van der Waals surface area contributed by atoms with Gasteiger partial charge in [0.25, 0.3) is 0 Å². The number of hydrogen-bond donors (Lipinski definition) is 1. The molecule has 0 aliphatic carbocycles. The van der Waals surface area contributed by atoms with Gasteiger partial charge in [-0.25, -0.2) is 0 Å². The Morgan fingerprint density at radius 2 is 2.46 bits per heavy atom. The normalized spacial score (nSPS) is 23.0. The Morgan fingerprint density at radius 3 is 3.15 bits per heavy atom. The van der Waals surface area contributed by atoms with Crippen LogP contribution in [0.4, 0.5) is 0 Å². The van der Waals surface area contributed by atoms with E-state index in [-0.39, 0.29) is 0 Å². The third-order valence-electron chi connectivity index (χ3n) is 2.47. The smallest absolute Gasteiger partial charge is 0.0588 e. The molecule has 1 aliphatic rings. The predicted molar refractivity (Wildman–Crippen MR) is 56.8 cm³/mol. The topological polar surface area (TPSA) is 24.9 Å². The van der Waals surface area contributed by atoms with E-state index in [1.807, 2.05) is 12.3 Å². The molecule has 1 fully saturated rings. The molecule has 3 heteroatoms. The van der Waals surface area contributed by atoms with Gasteiger partial charge in [0.15, 0.2) is 0 Å². The number of piperidine rings is 1. The highest BCUT2D eigenvalue weighted by atomic mass is 79.9. The molecular formula is C10H13BrN2. The summed E-state index contributed by atoms with van der Waals surface area (Å²) in [6.07, 6.45) is 4.38. The van der Waals surface area contributed by atoms with Crippen LogP contribution in [0.15, 0.2) is 22.8 Å². The number of halogens is 1. The summed E-state index contributed by atoms with van der Waals surface area (Å²) >= 11 is 3.54. The zero-order valence-electron chi connectivity index (χ0n) is 7.46. The fraction of sp³-hybridized carbons (Fsp3) is 0.500. The second kappa shape index (κ2) is 4.20. The van der Waals surface area contributed by atoms with E-state index in [9.17, 15) is 0 Å². The van der Waals surface area contributed by atoms with Crippen molar-refractivity contribution in [1.82, 2.24) is 10.3 Å². The van der Waals surface area contributed by atoms with Crippen molar-refractivity contribution in [3.63, 3.8) is 0 Å². The summed E-state index contributed by atoms with van der Waals surface area (Å²) in [4.78, 5) is 4.42. The first-order valence-corrected chi connectivity index (χ1v) is 5.48. The van der Waals surface area contributed by atoms with E-state index in [1.54, 1.807) is 0 Å². The highest BCUT2D eigenvalue weighted by Crippen LogP contribution is 2.27. The number of aromatic nitrogens is 1. The van der Waals surface area contributed by atoms with Crippen LogP contribution in [-0.2, 0) is 0 Å². The average Bonchev–Trinajstić information content (AvgIpc) is 2.20. The third kappa shape index (κ3) is 2.09. The van der Waals surface area contributed by atoms with E-state index in [0.717, 1.165) is 17.6 Å². The third-order valence-corrected chi connectivity index (χ3v) is 3.14. The molecule has 0 spiro atoms. The molecule has 0 aromatic carbocycles. The van der Waals surface area contributed by atoms with Gasteiger partial charge in [-0.15, -0.1) is 0 Å². The first kappa shape index (κ1) is 9.16. The maximum Gasteiger partial charge on any atom is 0.0588 e. The molecule has 2 heterocycles. The summed E-state index contributed by atoms with van der Waals surface area (Å²) in [6, 6.07) is 4.03. The lowest BCUT2D eigenvalue weighted by Crippen LogP contribution is -2.29. The molecule has 1 aromatic rings. The first-order valence-electron chi connectivity index (χ1n) is 4.69. The standard InChI is InChI=1S/C10H13BrN2/c11-9-4-2-6-13-10(9)8-3-1-5-12-7-8/h2,4,6,8,12H,1,3,5,7H2. The second-order valence-electron chi connectivity index (χ2n) is 3.41. The van der Waals surface area contributed by atoms with Gasteiger partial charge in [0.05, 0.1) is 5.69 Å².